The lowest BCUT2D eigenvalue weighted by atomic mass is 10.0. The number of H-pyrrole nitrogens is 1. The first-order valence-electron chi connectivity index (χ1n) is 8.40. The van der Waals surface area contributed by atoms with Gasteiger partial charge in [0.15, 0.2) is 0 Å². The van der Waals surface area contributed by atoms with E-state index in [1.165, 1.54) is 4.57 Å². The molecule has 26 heavy (non-hydrogen) atoms. The number of hydrogen-bond acceptors (Lipinski definition) is 5. The van der Waals surface area contributed by atoms with Crippen LogP contribution < -0.4 is 16.6 Å². The van der Waals surface area contributed by atoms with Crippen LogP contribution in [0.3, 0.4) is 0 Å². The molecular weight excluding hydrogens is 330 g/mol. The Morgan fingerprint density at radius 1 is 1.23 bits per heavy atom. The zero-order valence-electron chi connectivity index (χ0n) is 15.1. The second kappa shape index (κ2) is 8.17. The summed E-state index contributed by atoms with van der Waals surface area (Å²) in [4.78, 5) is 27.0. The Morgan fingerprint density at radius 2 is 1.96 bits per heavy atom. The second-order valence-corrected chi connectivity index (χ2v) is 6.41. The van der Waals surface area contributed by atoms with Crippen LogP contribution in [0.4, 0.5) is 11.5 Å². The molecule has 0 fully saturated rings. The Kier molecular flexibility index (Phi) is 5.98. The first-order chi connectivity index (χ1) is 12.4. The maximum absolute atomic E-state index is 12.4. The van der Waals surface area contributed by atoms with Crippen LogP contribution in [0.15, 0.2) is 27.8 Å². The van der Waals surface area contributed by atoms with Crippen molar-refractivity contribution < 1.29 is 0 Å². The van der Waals surface area contributed by atoms with Crippen molar-refractivity contribution >= 4 is 11.5 Å². The first-order valence-corrected chi connectivity index (χ1v) is 8.40. The SMILES string of the molecule is Cc1cc(C#N)cc(Nc2c(C(C)C)c(=O)[nH]c(=O)n2CCCC#N)c1. The van der Waals surface area contributed by atoms with Crippen LogP contribution >= 0.6 is 0 Å². The van der Waals surface area contributed by atoms with Crippen molar-refractivity contribution in [3.05, 3.63) is 55.7 Å². The Morgan fingerprint density at radius 3 is 2.58 bits per heavy atom. The number of nitriles is 2. The van der Waals surface area contributed by atoms with Crippen molar-refractivity contribution in [3.63, 3.8) is 0 Å². The molecule has 7 nitrogen and oxygen atoms in total. The number of nitrogens with zero attached hydrogens (tertiary/aromatic N) is 3. The highest BCUT2D eigenvalue weighted by atomic mass is 16.2. The van der Waals surface area contributed by atoms with Crippen LogP contribution in [0, 0.1) is 29.6 Å². The minimum Gasteiger partial charge on any atom is -0.341 e. The van der Waals surface area contributed by atoms with E-state index in [0.717, 1.165) is 5.56 Å². The van der Waals surface area contributed by atoms with Crippen molar-refractivity contribution in [3.8, 4) is 12.1 Å². The van der Waals surface area contributed by atoms with Gasteiger partial charge in [-0.2, -0.15) is 10.5 Å². The summed E-state index contributed by atoms with van der Waals surface area (Å²) < 4.78 is 1.45. The predicted octanol–water partition coefficient (Wildman–Crippen LogP) is 2.89. The lowest BCUT2D eigenvalue weighted by Crippen LogP contribution is -2.35. The van der Waals surface area contributed by atoms with E-state index < -0.39 is 11.2 Å². The van der Waals surface area contributed by atoms with Gasteiger partial charge in [0, 0.05) is 18.7 Å². The number of anilines is 2. The quantitative estimate of drug-likeness (QED) is 0.777. The van der Waals surface area contributed by atoms with Crippen molar-refractivity contribution in [2.45, 2.75) is 46.1 Å². The van der Waals surface area contributed by atoms with Crippen LogP contribution in [0.5, 0.6) is 0 Å². The lowest BCUT2D eigenvalue weighted by molar-refractivity contribution is 0.610. The fraction of sp³-hybridized carbons (Fsp3) is 0.368. The molecule has 7 heteroatoms. The highest BCUT2D eigenvalue weighted by Gasteiger charge is 2.18. The summed E-state index contributed by atoms with van der Waals surface area (Å²) in [5.74, 6) is 0.283. The van der Waals surface area contributed by atoms with Crippen LogP contribution in [-0.4, -0.2) is 9.55 Å². The highest BCUT2D eigenvalue weighted by molar-refractivity contribution is 5.63. The Labute approximate surface area is 151 Å². The van der Waals surface area contributed by atoms with E-state index in [1.807, 2.05) is 26.8 Å². The average Bonchev–Trinajstić information content (AvgIpc) is 2.56. The number of aromatic nitrogens is 2. The van der Waals surface area contributed by atoms with Gasteiger partial charge in [0.1, 0.15) is 5.82 Å². The van der Waals surface area contributed by atoms with Gasteiger partial charge in [0.05, 0.1) is 23.3 Å². The number of benzene rings is 1. The van der Waals surface area contributed by atoms with Crippen molar-refractivity contribution in [2.75, 3.05) is 5.32 Å². The third-order valence-electron chi connectivity index (χ3n) is 3.95. The topological polar surface area (TPSA) is 114 Å². The summed E-state index contributed by atoms with van der Waals surface area (Å²) in [6, 6.07) is 9.42. The van der Waals surface area contributed by atoms with E-state index >= 15 is 0 Å². The van der Waals surface area contributed by atoms with E-state index in [2.05, 4.69) is 22.4 Å². The molecule has 134 valence electrons. The maximum atomic E-state index is 12.4. The van der Waals surface area contributed by atoms with Gasteiger partial charge in [0.25, 0.3) is 5.56 Å². The van der Waals surface area contributed by atoms with Gasteiger partial charge in [-0.15, -0.1) is 0 Å². The highest BCUT2D eigenvalue weighted by Crippen LogP contribution is 2.25. The van der Waals surface area contributed by atoms with Gasteiger partial charge in [-0.1, -0.05) is 13.8 Å². The van der Waals surface area contributed by atoms with Gasteiger partial charge >= 0.3 is 5.69 Å². The van der Waals surface area contributed by atoms with Crippen molar-refractivity contribution in [1.29, 1.82) is 10.5 Å². The fourth-order valence-corrected chi connectivity index (χ4v) is 2.84. The monoisotopic (exact) mass is 351 g/mol. The summed E-state index contributed by atoms with van der Waals surface area (Å²) in [5, 5.41) is 21.1. The van der Waals surface area contributed by atoms with Gasteiger partial charge in [0.2, 0.25) is 0 Å². The number of rotatable bonds is 6. The number of hydrogen-bond donors (Lipinski definition) is 2. The normalized spacial score (nSPS) is 10.4. The molecule has 1 heterocycles. The molecule has 0 aliphatic rings. The molecule has 0 saturated carbocycles. The van der Waals surface area contributed by atoms with Gasteiger partial charge in [-0.3, -0.25) is 14.3 Å². The molecule has 0 aliphatic heterocycles. The lowest BCUT2D eigenvalue weighted by Gasteiger charge is -2.19. The van der Waals surface area contributed by atoms with Crippen LogP contribution in [0.1, 0.15) is 49.3 Å². The maximum Gasteiger partial charge on any atom is 0.329 e. The smallest absolute Gasteiger partial charge is 0.329 e. The number of aryl methyl sites for hydroxylation is 1. The summed E-state index contributed by atoms with van der Waals surface area (Å²) in [5.41, 5.74) is 1.51. The Bertz CT molecular complexity index is 1000. The largest absolute Gasteiger partial charge is 0.341 e. The molecule has 0 atom stereocenters. The number of nitrogens with one attached hydrogen (secondary N) is 2. The molecule has 0 amide bonds. The molecule has 0 bridgehead atoms. The summed E-state index contributed by atoms with van der Waals surface area (Å²) >= 11 is 0. The molecule has 2 N–H and O–H groups in total. The van der Waals surface area contributed by atoms with Gasteiger partial charge < -0.3 is 5.32 Å². The third-order valence-corrected chi connectivity index (χ3v) is 3.95. The Hall–Kier alpha value is -3.32. The minimum absolute atomic E-state index is 0.121. The Balaban J connectivity index is 2.62. The minimum atomic E-state index is -0.520. The standard InChI is InChI=1S/C19H21N5O2/c1-12(2)16-17(22-15-9-13(3)8-14(10-15)11-21)24(7-5-4-6-20)19(26)23-18(16)25/h8-10,12,22H,4-5,7H2,1-3H3,(H,23,25,26). The molecule has 2 rings (SSSR count). The molecule has 0 unspecified atom stereocenters. The van der Waals surface area contributed by atoms with Gasteiger partial charge in [-0.25, -0.2) is 4.79 Å². The molecule has 1 aromatic carbocycles. The van der Waals surface area contributed by atoms with Crippen molar-refractivity contribution in [1.82, 2.24) is 9.55 Å². The molecule has 0 radical (unpaired) electrons. The second-order valence-electron chi connectivity index (χ2n) is 6.41. The molecule has 0 saturated heterocycles. The summed E-state index contributed by atoms with van der Waals surface area (Å²) in [6.07, 6.45) is 0.803. The van der Waals surface area contributed by atoms with E-state index in [4.69, 9.17) is 10.5 Å². The summed E-state index contributed by atoms with van der Waals surface area (Å²) in [7, 11) is 0. The van der Waals surface area contributed by atoms with E-state index in [0.29, 0.717) is 42.0 Å². The fourth-order valence-electron chi connectivity index (χ4n) is 2.84. The van der Waals surface area contributed by atoms with Crippen molar-refractivity contribution in [2.24, 2.45) is 0 Å². The van der Waals surface area contributed by atoms with Gasteiger partial charge in [-0.05, 0) is 43.0 Å². The molecular formula is C19H21N5O2. The van der Waals surface area contributed by atoms with E-state index in [-0.39, 0.29) is 5.92 Å². The average molecular weight is 351 g/mol. The van der Waals surface area contributed by atoms with Crippen LogP contribution in [0.2, 0.25) is 0 Å². The molecule has 2 aromatic rings. The molecule has 1 aromatic heterocycles. The van der Waals surface area contributed by atoms with E-state index in [1.54, 1.807) is 12.1 Å². The van der Waals surface area contributed by atoms with Crippen LogP contribution in [-0.2, 0) is 6.54 Å². The zero-order chi connectivity index (χ0) is 19.3. The van der Waals surface area contributed by atoms with E-state index in [9.17, 15) is 9.59 Å². The molecule has 0 aliphatic carbocycles. The number of unbranched alkanes of at least 4 members (excludes halogenated alkanes) is 1. The zero-order valence-corrected chi connectivity index (χ0v) is 15.1. The third kappa shape index (κ3) is 4.20. The predicted molar refractivity (Wildman–Crippen MR) is 99.4 cm³/mol. The number of aromatic amines is 1. The summed E-state index contributed by atoms with van der Waals surface area (Å²) in [6.45, 7) is 5.92. The molecule has 0 spiro atoms. The first kappa shape index (κ1) is 19.0. The van der Waals surface area contributed by atoms with Crippen LogP contribution in [0.25, 0.3) is 0 Å².